The van der Waals surface area contributed by atoms with Crippen LogP contribution in [-0.4, -0.2) is 3.21 Å². The van der Waals surface area contributed by atoms with Gasteiger partial charge in [0, 0.05) is 0 Å². The molecule has 0 fully saturated rings. The minimum atomic E-state index is -3.03. The molecule has 0 N–H and O–H groups in total. The van der Waals surface area contributed by atoms with Crippen LogP contribution in [0.15, 0.2) is 133 Å². The number of fused-ring (bicyclic) bond motifs is 5. The second-order valence-electron chi connectivity index (χ2n) is 15.9. The second-order valence-corrected chi connectivity index (χ2v) is 23.3. The maximum absolute atomic E-state index is 6.95. The van der Waals surface area contributed by atoms with E-state index >= 15 is 0 Å². The number of allylic oxidation sites excluding steroid dienone is 4. The first-order chi connectivity index (χ1) is 23.9. The van der Waals surface area contributed by atoms with Crippen LogP contribution in [0.2, 0.25) is 13.7 Å². The molecule has 2 aliphatic carbocycles. The van der Waals surface area contributed by atoms with Crippen molar-refractivity contribution in [2.75, 3.05) is 0 Å². The number of halogens is 2. The predicted molar refractivity (Wildman–Crippen MR) is 214 cm³/mol. The van der Waals surface area contributed by atoms with Crippen LogP contribution in [0.4, 0.5) is 0 Å². The van der Waals surface area contributed by atoms with E-state index in [9.17, 15) is 0 Å². The molecule has 248 valence electrons. The molecule has 0 unspecified atom stereocenters. The Kier molecular flexibility index (Phi) is 8.58. The Hall–Kier alpha value is -3.35. The first-order valence-electron chi connectivity index (χ1n) is 17.7. The third-order valence-corrected chi connectivity index (χ3v) is 19.9. The maximum atomic E-state index is 6.95. The van der Waals surface area contributed by atoms with Gasteiger partial charge in [0.2, 0.25) is 0 Å². The number of benzene rings is 6. The SMILES string of the molecule is CC(C)(C)c1ccc2c(c1)[CH]([Zr](=[C](c1ccc(Cl)c3ccccc13)c1ccc(Cl)c3ccccc13)[CH]1C=CC=C1)c1cc(C(C)(C)C)ccc1-2. The van der Waals surface area contributed by atoms with E-state index in [0.717, 1.165) is 20.8 Å². The standard InChI is InChI=1S/C21H12Cl2.C21H25.C5H5.Zr/c22-20-11-9-14(16-5-1-3-7-18(16)20)13-15-10-12-21(23)19-8-4-2-6-17(15)19;1-20(2,3)16-7-9-18-14(12-16)11-15-13-17(21(4,5)6)8-10-19(15)18;1-2-4-5-3-1;/h1-12H;7-13H,1-6H3;1-5H;. The van der Waals surface area contributed by atoms with Crippen molar-refractivity contribution in [3.8, 4) is 11.1 Å². The van der Waals surface area contributed by atoms with E-state index in [2.05, 4.69) is 175 Å². The van der Waals surface area contributed by atoms with Gasteiger partial charge in [-0.25, -0.2) is 0 Å². The minimum absolute atomic E-state index is 0.0346. The number of hydrogen-bond donors (Lipinski definition) is 0. The van der Waals surface area contributed by atoms with E-state index in [4.69, 9.17) is 23.2 Å². The molecule has 0 bridgehead atoms. The quantitative estimate of drug-likeness (QED) is 0.168. The van der Waals surface area contributed by atoms with Gasteiger partial charge in [-0.3, -0.25) is 0 Å². The van der Waals surface area contributed by atoms with Crippen LogP contribution in [0.1, 0.15) is 78.5 Å². The van der Waals surface area contributed by atoms with Crippen LogP contribution < -0.4 is 0 Å². The summed E-state index contributed by atoms with van der Waals surface area (Å²) < 4.78 is 2.17. The Labute approximate surface area is 314 Å². The summed E-state index contributed by atoms with van der Waals surface area (Å²) in [5.41, 5.74) is 11.2. The fourth-order valence-corrected chi connectivity index (χ4v) is 18.0. The fraction of sp³-hybridized carbons (Fsp3) is 0.213. The molecule has 3 heteroatoms. The molecule has 6 aromatic carbocycles. The van der Waals surface area contributed by atoms with Crippen molar-refractivity contribution in [3.63, 3.8) is 0 Å². The Morgan fingerprint density at radius 1 is 0.520 bits per heavy atom. The van der Waals surface area contributed by atoms with E-state index in [1.165, 1.54) is 58.5 Å². The van der Waals surface area contributed by atoms with Crippen LogP contribution in [0.25, 0.3) is 32.7 Å². The molecule has 0 amide bonds. The monoisotopic (exact) mass is 766 g/mol. The molecule has 0 atom stereocenters. The zero-order valence-corrected chi connectivity index (χ0v) is 33.6. The predicted octanol–water partition coefficient (Wildman–Crippen LogP) is 13.8. The third kappa shape index (κ3) is 5.75. The molecular weight excluding hydrogens is 727 g/mol. The molecule has 0 heterocycles. The molecular formula is C47H42Cl2Zr. The van der Waals surface area contributed by atoms with Gasteiger partial charge in [0.15, 0.2) is 0 Å². The van der Waals surface area contributed by atoms with Gasteiger partial charge in [-0.15, -0.1) is 0 Å². The van der Waals surface area contributed by atoms with Crippen molar-refractivity contribution >= 4 is 48.0 Å². The van der Waals surface area contributed by atoms with Crippen molar-refractivity contribution < 1.29 is 21.3 Å². The average molecular weight is 769 g/mol. The summed E-state index contributed by atoms with van der Waals surface area (Å²) in [6.07, 6.45) is 9.53. The van der Waals surface area contributed by atoms with Crippen LogP contribution in [0, 0.1) is 0 Å². The van der Waals surface area contributed by atoms with Gasteiger partial charge in [-0.1, -0.05) is 0 Å². The molecule has 0 saturated carbocycles. The van der Waals surface area contributed by atoms with Gasteiger partial charge in [0.1, 0.15) is 0 Å². The van der Waals surface area contributed by atoms with Gasteiger partial charge in [0.05, 0.1) is 0 Å². The van der Waals surface area contributed by atoms with Gasteiger partial charge in [0.25, 0.3) is 0 Å². The first-order valence-corrected chi connectivity index (χ1v) is 22.5. The fourth-order valence-electron chi connectivity index (χ4n) is 8.09. The third-order valence-electron chi connectivity index (χ3n) is 10.7. The summed E-state index contributed by atoms with van der Waals surface area (Å²) in [5, 5.41) is 6.19. The molecule has 2 aliphatic rings. The second kappa shape index (κ2) is 12.7. The van der Waals surface area contributed by atoms with Crippen molar-refractivity contribution in [3.05, 3.63) is 177 Å². The first kappa shape index (κ1) is 33.8. The number of hydrogen-bond acceptors (Lipinski definition) is 0. The van der Waals surface area contributed by atoms with Crippen molar-refractivity contribution in [1.29, 1.82) is 0 Å². The average Bonchev–Trinajstić information content (AvgIpc) is 3.74. The Balaban J connectivity index is 1.58. The molecule has 0 aromatic heterocycles. The molecule has 50 heavy (non-hydrogen) atoms. The molecule has 8 rings (SSSR count). The van der Waals surface area contributed by atoms with E-state index in [1.54, 1.807) is 0 Å². The number of rotatable bonds is 4. The summed E-state index contributed by atoms with van der Waals surface area (Å²) in [6, 6.07) is 40.9. The zero-order valence-electron chi connectivity index (χ0n) is 29.6. The van der Waals surface area contributed by atoms with Crippen LogP contribution in [0.5, 0.6) is 0 Å². The van der Waals surface area contributed by atoms with Gasteiger partial charge < -0.3 is 0 Å². The van der Waals surface area contributed by atoms with Crippen LogP contribution in [0.3, 0.4) is 0 Å². The van der Waals surface area contributed by atoms with E-state index in [-0.39, 0.29) is 10.8 Å². The van der Waals surface area contributed by atoms with Crippen LogP contribution in [-0.2, 0) is 32.1 Å². The van der Waals surface area contributed by atoms with E-state index < -0.39 is 21.3 Å². The van der Waals surface area contributed by atoms with Crippen LogP contribution >= 0.6 is 23.2 Å². The Morgan fingerprint density at radius 3 is 1.36 bits per heavy atom. The Morgan fingerprint density at radius 2 is 0.940 bits per heavy atom. The summed E-state index contributed by atoms with van der Waals surface area (Å²) in [7, 11) is 0. The summed E-state index contributed by atoms with van der Waals surface area (Å²) in [6.45, 7) is 14.0. The molecule has 0 saturated heterocycles. The molecule has 0 aliphatic heterocycles. The molecule has 0 spiro atoms. The molecule has 0 nitrogen and oxygen atoms in total. The summed E-state index contributed by atoms with van der Waals surface area (Å²) in [5.74, 6) is 0. The van der Waals surface area contributed by atoms with Crippen molar-refractivity contribution in [1.82, 2.24) is 0 Å². The van der Waals surface area contributed by atoms with Crippen molar-refractivity contribution in [2.45, 2.75) is 59.6 Å². The molecule has 6 aromatic rings. The Bertz CT molecular complexity index is 2270. The van der Waals surface area contributed by atoms with E-state index in [1.807, 2.05) is 0 Å². The van der Waals surface area contributed by atoms with Gasteiger partial charge >= 0.3 is 317 Å². The van der Waals surface area contributed by atoms with Gasteiger partial charge in [-0.05, 0) is 0 Å². The normalized spacial score (nSPS) is 14.5. The van der Waals surface area contributed by atoms with E-state index in [0.29, 0.717) is 7.25 Å². The summed E-state index contributed by atoms with van der Waals surface area (Å²) >= 11 is 10.9. The van der Waals surface area contributed by atoms with Gasteiger partial charge in [-0.2, -0.15) is 0 Å². The topological polar surface area (TPSA) is 0 Å². The summed E-state index contributed by atoms with van der Waals surface area (Å²) in [4.78, 5) is 0. The van der Waals surface area contributed by atoms with Crippen molar-refractivity contribution in [2.24, 2.45) is 0 Å². The zero-order chi connectivity index (χ0) is 34.9. The molecule has 0 radical (unpaired) electrons.